The molecule has 1 aliphatic carbocycles. The van der Waals surface area contributed by atoms with Crippen LogP contribution in [0.15, 0.2) is 16.7 Å². The van der Waals surface area contributed by atoms with Crippen LogP contribution in [-0.4, -0.2) is 31.5 Å². The smallest absolute Gasteiger partial charge is 0.109 e. The van der Waals surface area contributed by atoms with Crippen LogP contribution < -0.4 is 5.32 Å². The molecule has 0 radical (unpaired) electrons. The molecule has 0 aromatic carbocycles. The van der Waals surface area contributed by atoms with E-state index < -0.39 is 0 Å². The second-order valence-corrected chi connectivity index (χ2v) is 6.04. The summed E-state index contributed by atoms with van der Waals surface area (Å²) in [5, 5.41) is 12.2. The third-order valence-electron chi connectivity index (χ3n) is 3.64. The van der Waals surface area contributed by atoms with Crippen molar-refractivity contribution in [3.8, 4) is 0 Å². The summed E-state index contributed by atoms with van der Waals surface area (Å²) in [5.74, 6) is 1.13. The summed E-state index contributed by atoms with van der Waals surface area (Å²) in [6, 6.07) is 2.47. The molecule has 0 spiro atoms. The van der Waals surface area contributed by atoms with Crippen LogP contribution in [0.3, 0.4) is 0 Å². The molecule has 1 aromatic heterocycles. The molecule has 1 aromatic rings. The average molecular weight is 267 g/mol. The molecule has 0 saturated carbocycles. The lowest BCUT2D eigenvalue weighted by molar-refractivity contribution is 0.0899. The highest BCUT2D eigenvalue weighted by Crippen LogP contribution is 2.41. The van der Waals surface area contributed by atoms with Gasteiger partial charge in [-0.3, -0.25) is 0 Å². The summed E-state index contributed by atoms with van der Waals surface area (Å²) in [5.41, 5.74) is 1.60. The monoisotopic (exact) mass is 267 g/mol. The first-order valence-corrected chi connectivity index (χ1v) is 7.11. The first kappa shape index (κ1) is 14.6. The minimum absolute atomic E-state index is 0.0998. The normalized spacial score (nSPS) is 21.3. The minimum atomic E-state index is 0.0998. The van der Waals surface area contributed by atoms with Crippen molar-refractivity contribution in [3.63, 3.8) is 0 Å². The van der Waals surface area contributed by atoms with E-state index in [-0.39, 0.29) is 12.0 Å². The van der Waals surface area contributed by atoms with Crippen molar-refractivity contribution in [1.29, 1.82) is 0 Å². The van der Waals surface area contributed by atoms with Gasteiger partial charge in [-0.25, -0.2) is 0 Å². The maximum Gasteiger partial charge on any atom is 0.109 e. The largest absolute Gasteiger partial charge is 0.469 e. The van der Waals surface area contributed by atoms with Crippen LogP contribution in [0.2, 0.25) is 0 Å². The third kappa shape index (κ3) is 4.06. The van der Waals surface area contributed by atoms with Crippen LogP contribution in [0.1, 0.15) is 44.1 Å². The zero-order chi connectivity index (χ0) is 13.7. The lowest BCUT2D eigenvalue weighted by Gasteiger charge is -2.34. The molecule has 0 aliphatic heterocycles. The number of hydrogen-bond donors (Lipinski definition) is 2. The zero-order valence-electron chi connectivity index (χ0n) is 11.9. The van der Waals surface area contributed by atoms with E-state index in [9.17, 15) is 0 Å². The van der Waals surface area contributed by atoms with Crippen LogP contribution in [0, 0.1) is 5.41 Å². The Bertz CT molecular complexity index is 386. The first-order valence-electron chi connectivity index (χ1n) is 7.11. The van der Waals surface area contributed by atoms with Gasteiger partial charge < -0.3 is 19.6 Å². The minimum Gasteiger partial charge on any atom is -0.469 e. The summed E-state index contributed by atoms with van der Waals surface area (Å²) in [7, 11) is 0. The van der Waals surface area contributed by atoms with Gasteiger partial charge in [-0.05, 0) is 30.9 Å². The molecule has 4 nitrogen and oxygen atoms in total. The van der Waals surface area contributed by atoms with E-state index in [1.165, 1.54) is 5.56 Å². The van der Waals surface area contributed by atoms with E-state index in [4.69, 9.17) is 14.3 Å². The molecular formula is C15H25NO3. The summed E-state index contributed by atoms with van der Waals surface area (Å²) in [4.78, 5) is 0. The van der Waals surface area contributed by atoms with Gasteiger partial charge in [0.1, 0.15) is 5.76 Å². The second kappa shape index (κ2) is 6.55. The number of hydrogen-bond acceptors (Lipinski definition) is 4. The molecule has 0 saturated heterocycles. The maximum absolute atomic E-state index is 8.62. The fourth-order valence-electron chi connectivity index (χ4n) is 2.77. The van der Waals surface area contributed by atoms with Crippen molar-refractivity contribution >= 4 is 0 Å². The van der Waals surface area contributed by atoms with Gasteiger partial charge in [0.15, 0.2) is 0 Å². The molecule has 1 heterocycles. The Labute approximate surface area is 115 Å². The van der Waals surface area contributed by atoms with E-state index >= 15 is 0 Å². The number of rotatable bonds is 7. The fourth-order valence-corrected chi connectivity index (χ4v) is 2.77. The predicted octanol–water partition coefficient (Wildman–Crippen LogP) is 2.28. The molecule has 4 heteroatoms. The molecule has 1 unspecified atom stereocenters. The highest BCUT2D eigenvalue weighted by Gasteiger charge is 2.33. The van der Waals surface area contributed by atoms with Crippen molar-refractivity contribution in [1.82, 2.24) is 5.32 Å². The number of nitrogens with one attached hydrogen (secondary N) is 1. The quantitative estimate of drug-likeness (QED) is 0.744. The first-order chi connectivity index (χ1) is 9.12. The van der Waals surface area contributed by atoms with E-state index in [0.29, 0.717) is 19.3 Å². The Morgan fingerprint density at radius 1 is 1.47 bits per heavy atom. The molecular weight excluding hydrogens is 242 g/mol. The Morgan fingerprint density at radius 3 is 3.11 bits per heavy atom. The molecule has 2 N–H and O–H groups in total. The van der Waals surface area contributed by atoms with Gasteiger partial charge in [-0.15, -0.1) is 0 Å². The van der Waals surface area contributed by atoms with Crippen molar-refractivity contribution in [2.45, 2.75) is 39.2 Å². The molecule has 0 bridgehead atoms. The molecule has 19 heavy (non-hydrogen) atoms. The Hall–Kier alpha value is -0.840. The van der Waals surface area contributed by atoms with Crippen molar-refractivity contribution < 1.29 is 14.3 Å². The van der Waals surface area contributed by atoms with Gasteiger partial charge in [-0.2, -0.15) is 0 Å². The number of fused-ring (bicyclic) bond motifs is 1. The number of aliphatic hydroxyl groups is 1. The number of ether oxygens (including phenoxy) is 1. The second-order valence-electron chi connectivity index (χ2n) is 6.04. The van der Waals surface area contributed by atoms with Gasteiger partial charge in [0, 0.05) is 24.6 Å². The predicted molar refractivity (Wildman–Crippen MR) is 74.1 cm³/mol. The van der Waals surface area contributed by atoms with Gasteiger partial charge >= 0.3 is 0 Å². The van der Waals surface area contributed by atoms with Crippen LogP contribution in [0.25, 0.3) is 0 Å². The Morgan fingerprint density at radius 2 is 2.32 bits per heavy atom. The van der Waals surface area contributed by atoms with Crippen molar-refractivity contribution in [2.75, 3.05) is 26.4 Å². The van der Waals surface area contributed by atoms with E-state index in [1.54, 1.807) is 6.26 Å². The summed E-state index contributed by atoms with van der Waals surface area (Å²) in [6.07, 6.45) is 4.92. The molecule has 2 rings (SSSR count). The highest BCUT2D eigenvalue weighted by atomic mass is 16.5. The van der Waals surface area contributed by atoms with E-state index in [1.807, 2.05) is 0 Å². The SMILES string of the molecule is CC1(C)Cc2occc2C(NCCCOCCO)C1. The molecule has 0 fully saturated rings. The number of furan rings is 1. The molecule has 108 valence electrons. The van der Waals surface area contributed by atoms with E-state index in [2.05, 4.69) is 25.2 Å². The molecule has 1 aliphatic rings. The lowest BCUT2D eigenvalue weighted by Crippen LogP contribution is -2.33. The molecule has 1 atom stereocenters. The summed E-state index contributed by atoms with van der Waals surface area (Å²) in [6.45, 7) is 6.73. The van der Waals surface area contributed by atoms with Crippen LogP contribution in [-0.2, 0) is 11.2 Å². The zero-order valence-corrected chi connectivity index (χ0v) is 11.9. The van der Waals surface area contributed by atoms with Crippen molar-refractivity contribution in [2.24, 2.45) is 5.41 Å². The lowest BCUT2D eigenvalue weighted by atomic mass is 9.75. The summed E-state index contributed by atoms with van der Waals surface area (Å²) >= 11 is 0. The Balaban J connectivity index is 1.80. The van der Waals surface area contributed by atoms with Crippen LogP contribution >= 0.6 is 0 Å². The van der Waals surface area contributed by atoms with E-state index in [0.717, 1.165) is 31.6 Å². The Kier molecular flexibility index (Phi) is 5.02. The van der Waals surface area contributed by atoms with Gasteiger partial charge in [0.25, 0.3) is 0 Å². The topological polar surface area (TPSA) is 54.6 Å². The molecule has 0 amide bonds. The maximum atomic E-state index is 8.62. The highest BCUT2D eigenvalue weighted by molar-refractivity contribution is 5.26. The van der Waals surface area contributed by atoms with Crippen LogP contribution in [0.5, 0.6) is 0 Å². The van der Waals surface area contributed by atoms with Gasteiger partial charge in [0.2, 0.25) is 0 Å². The van der Waals surface area contributed by atoms with Gasteiger partial charge in [-0.1, -0.05) is 13.8 Å². The summed E-state index contributed by atoms with van der Waals surface area (Å²) < 4.78 is 10.8. The third-order valence-corrected chi connectivity index (χ3v) is 3.64. The standard InChI is InChI=1S/C15H25NO3/c1-15(2)10-13(12-4-8-19-14(12)11-15)16-5-3-7-18-9-6-17/h4,8,13,16-17H,3,5-7,9-11H2,1-2H3. The van der Waals surface area contributed by atoms with Gasteiger partial charge in [0.05, 0.1) is 19.5 Å². The fraction of sp³-hybridized carbons (Fsp3) is 0.733. The average Bonchev–Trinajstić information content (AvgIpc) is 2.79. The van der Waals surface area contributed by atoms with Crippen LogP contribution in [0.4, 0.5) is 0 Å². The van der Waals surface area contributed by atoms with Crippen molar-refractivity contribution in [3.05, 3.63) is 23.7 Å². The number of aliphatic hydroxyl groups excluding tert-OH is 1.